The predicted octanol–water partition coefficient (Wildman–Crippen LogP) is 3.45. The molecule has 1 heterocycles. The van der Waals surface area contributed by atoms with Crippen molar-refractivity contribution < 1.29 is 0 Å². The number of aromatic nitrogens is 1. The van der Waals surface area contributed by atoms with Crippen molar-refractivity contribution in [1.82, 2.24) is 9.88 Å². The molecule has 0 amide bonds. The van der Waals surface area contributed by atoms with Gasteiger partial charge >= 0.3 is 0 Å². The average molecular weight is 257 g/mol. The second-order valence-corrected chi connectivity index (χ2v) is 4.59. The molecular weight excluding hydrogens is 234 g/mol. The van der Waals surface area contributed by atoms with Crippen LogP contribution in [-0.4, -0.2) is 29.2 Å². The molecule has 1 aromatic heterocycles. The van der Waals surface area contributed by atoms with Gasteiger partial charge < -0.3 is 0 Å². The zero-order valence-electron chi connectivity index (χ0n) is 12.1. The van der Waals surface area contributed by atoms with Gasteiger partial charge in [-0.1, -0.05) is 24.3 Å². The lowest BCUT2D eigenvalue weighted by molar-refractivity contribution is 0.308. The maximum atomic E-state index is 4.38. The molecule has 0 radical (unpaired) electrons. The summed E-state index contributed by atoms with van der Waals surface area (Å²) < 4.78 is 0. The van der Waals surface area contributed by atoms with Gasteiger partial charge in [-0.2, -0.15) is 0 Å². The van der Waals surface area contributed by atoms with Crippen LogP contribution in [0.3, 0.4) is 0 Å². The van der Waals surface area contributed by atoms with Crippen molar-refractivity contribution in [3.05, 3.63) is 54.0 Å². The largest absolute Gasteiger partial charge is 0.288 e. The smallest absolute Gasteiger partial charge is 0.0544 e. The van der Waals surface area contributed by atoms with Gasteiger partial charge in [0.1, 0.15) is 0 Å². The number of hydrogen-bond acceptors (Lipinski definition) is 3. The lowest BCUT2D eigenvalue weighted by atomic mass is 10.2. The fourth-order valence-electron chi connectivity index (χ4n) is 1.87. The molecule has 19 heavy (non-hydrogen) atoms. The molecule has 0 spiro atoms. The van der Waals surface area contributed by atoms with Crippen LogP contribution >= 0.6 is 0 Å². The summed E-state index contributed by atoms with van der Waals surface area (Å²) in [6.45, 7) is 12.5. The van der Waals surface area contributed by atoms with Crippen LogP contribution in [0.1, 0.15) is 26.5 Å². The Balaban J connectivity index is 2.74. The van der Waals surface area contributed by atoms with Gasteiger partial charge in [-0.3, -0.25) is 14.9 Å². The Hall–Kier alpha value is -1.74. The quantitative estimate of drug-likeness (QED) is 0.553. The van der Waals surface area contributed by atoms with E-state index < -0.39 is 0 Å². The molecule has 1 aromatic rings. The Morgan fingerprint density at radius 2 is 2.16 bits per heavy atom. The third-order valence-corrected chi connectivity index (χ3v) is 2.62. The van der Waals surface area contributed by atoms with Crippen molar-refractivity contribution in [2.75, 3.05) is 13.1 Å². The SMILES string of the molecule is C=C(C)CN(C/C(=C/C)N=CC)Cc1ccccn1. The fraction of sp³-hybridized carbons (Fsp3) is 0.375. The van der Waals surface area contributed by atoms with E-state index in [1.54, 1.807) is 0 Å². The summed E-state index contributed by atoms with van der Waals surface area (Å²) in [7, 11) is 0. The summed E-state index contributed by atoms with van der Waals surface area (Å²) in [4.78, 5) is 11.1. The van der Waals surface area contributed by atoms with Crippen molar-refractivity contribution in [3.8, 4) is 0 Å². The molecule has 0 fully saturated rings. The van der Waals surface area contributed by atoms with E-state index in [9.17, 15) is 0 Å². The van der Waals surface area contributed by atoms with Crippen LogP contribution in [0, 0.1) is 0 Å². The lowest BCUT2D eigenvalue weighted by Gasteiger charge is -2.22. The van der Waals surface area contributed by atoms with E-state index >= 15 is 0 Å². The molecule has 0 aromatic carbocycles. The Morgan fingerprint density at radius 1 is 1.37 bits per heavy atom. The Bertz CT molecular complexity index is 446. The molecule has 1 rings (SSSR count). The third-order valence-electron chi connectivity index (χ3n) is 2.62. The van der Waals surface area contributed by atoms with Crippen LogP contribution in [0.4, 0.5) is 0 Å². The van der Waals surface area contributed by atoms with Crippen molar-refractivity contribution in [1.29, 1.82) is 0 Å². The van der Waals surface area contributed by atoms with E-state index in [0.29, 0.717) is 0 Å². The monoisotopic (exact) mass is 257 g/mol. The molecule has 0 atom stereocenters. The van der Waals surface area contributed by atoms with Gasteiger partial charge in [0.05, 0.1) is 5.69 Å². The first-order chi connectivity index (χ1) is 9.15. The van der Waals surface area contributed by atoms with Gasteiger partial charge in [-0.25, -0.2) is 0 Å². The number of hydrogen-bond donors (Lipinski definition) is 0. The van der Waals surface area contributed by atoms with Crippen molar-refractivity contribution >= 4 is 6.21 Å². The maximum Gasteiger partial charge on any atom is 0.0544 e. The van der Waals surface area contributed by atoms with Crippen molar-refractivity contribution in [2.45, 2.75) is 27.3 Å². The van der Waals surface area contributed by atoms with Crippen LogP contribution in [0.25, 0.3) is 0 Å². The second kappa shape index (κ2) is 8.38. The maximum absolute atomic E-state index is 4.38. The Labute approximate surface area is 116 Å². The highest BCUT2D eigenvalue weighted by Crippen LogP contribution is 2.08. The first-order valence-electron chi connectivity index (χ1n) is 6.56. The van der Waals surface area contributed by atoms with E-state index in [1.165, 1.54) is 0 Å². The van der Waals surface area contributed by atoms with E-state index in [4.69, 9.17) is 0 Å². The summed E-state index contributed by atoms with van der Waals surface area (Å²) in [5.74, 6) is 0. The minimum atomic E-state index is 0.810. The molecule has 0 saturated heterocycles. The number of allylic oxidation sites excluding steroid dienone is 1. The molecular formula is C16H23N3. The van der Waals surface area contributed by atoms with Crippen LogP contribution in [0.2, 0.25) is 0 Å². The highest BCUT2D eigenvalue weighted by Gasteiger charge is 2.08. The fourth-order valence-corrected chi connectivity index (χ4v) is 1.87. The first-order valence-corrected chi connectivity index (χ1v) is 6.56. The van der Waals surface area contributed by atoms with Gasteiger partial charge in [-0.05, 0) is 32.9 Å². The van der Waals surface area contributed by atoms with Crippen LogP contribution in [0.5, 0.6) is 0 Å². The Morgan fingerprint density at radius 3 is 2.68 bits per heavy atom. The topological polar surface area (TPSA) is 28.5 Å². The highest BCUT2D eigenvalue weighted by atomic mass is 15.1. The molecule has 0 aliphatic rings. The van der Waals surface area contributed by atoms with E-state index in [-0.39, 0.29) is 0 Å². The average Bonchev–Trinajstić information content (AvgIpc) is 2.38. The van der Waals surface area contributed by atoms with Crippen LogP contribution in [-0.2, 0) is 6.54 Å². The van der Waals surface area contributed by atoms with Crippen molar-refractivity contribution in [3.63, 3.8) is 0 Å². The molecule has 0 unspecified atom stereocenters. The van der Waals surface area contributed by atoms with Crippen LogP contribution < -0.4 is 0 Å². The molecule has 0 aliphatic carbocycles. The molecule has 102 valence electrons. The summed E-state index contributed by atoms with van der Waals surface area (Å²) >= 11 is 0. The first kappa shape index (κ1) is 15.3. The predicted molar refractivity (Wildman–Crippen MR) is 82.3 cm³/mol. The molecule has 0 saturated carbocycles. The van der Waals surface area contributed by atoms with Crippen LogP contribution in [0.15, 0.2) is 53.3 Å². The van der Waals surface area contributed by atoms with Gasteiger partial charge in [0.15, 0.2) is 0 Å². The minimum absolute atomic E-state index is 0.810. The zero-order valence-corrected chi connectivity index (χ0v) is 12.1. The molecule has 0 aliphatic heterocycles. The summed E-state index contributed by atoms with van der Waals surface area (Å²) in [5.41, 5.74) is 3.28. The third kappa shape index (κ3) is 6.11. The van der Waals surface area contributed by atoms with E-state index in [2.05, 4.69) is 21.5 Å². The Kier molecular flexibility index (Phi) is 6.75. The number of aliphatic imine (C=N–C) groups is 1. The number of pyridine rings is 1. The van der Waals surface area contributed by atoms with Crippen molar-refractivity contribution in [2.24, 2.45) is 4.99 Å². The van der Waals surface area contributed by atoms with E-state index in [1.807, 2.05) is 57.5 Å². The molecule has 0 N–H and O–H groups in total. The molecule has 0 bridgehead atoms. The standard InChI is InChI=1S/C16H23N3/c1-5-15(17-6-2)12-19(11-14(3)4)13-16-9-7-8-10-18-16/h5-10H,3,11-13H2,1-2,4H3/b15-5-,17-6?. The molecule has 3 heteroatoms. The van der Waals surface area contributed by atoms with Gasteiger partial charge in [-0.15, -0.1) is 0 Å². The van der Waals surface area contributed by atoms with Gasteiger partial charge in [0, 0.05) is 37.7 Å². The normalized spacial score (nSPS) is 12.3. The second-order valence-electron chi connectivity index (χ2n) is 4.59. The summed E-state index contributed by atoms with van der Waals surface area (Å²) in [6.07, 6.45) is 5.70. The highest BCUT2D eigenvalue weighted by molar-refractivity contribution is 5.55. The number of rotatable bonds is 7. The van der Waals surface area contributed by atoms with E-state index in [0.717, 1.165) is 36.6 Å². The summed E-state index contributed by atoms with van der Waals surface area (Å²) in [6, 6.07) is 6.00. The number of nitrogens with zero attached hydrogens (tertiary/aromatic N) is 3. The molecule has 3 nitrogen and oxygen atoms in total. The lowest BCUT2D eigenvalue weighted by Crippen LogP contribution is -2.27. The minimum Gasteiger partial charge on any atom is -0.288 e. The van der Waals surface area contributed by atoms with Gasteiger partial charge in [0.25, 0.3) is 0 Å². The zero-order chi connectivity index (χ0) is 14.1. The summed E-state index contributed by atoms with van der Waals surface area (Å²) in [5, 5.41) is 0. The van der Waals surface area contributed by atoms with Gasteiger partial charge in [0.2, 0.25) is 0 Å².